The van der Waals surface area contributed by atoms with Gasteiger partial charge in [-0.3, -0.25) is 14.9 Å². The second kappa shape index (κ2) is 6.21. The lowest BCUT2D eigenvalue weighted by Crippen LogP contribution is -2.15. The van der Waals surface area contributed by atoms with Gasteiger partial charge in [0.25, 0.3) is 11.6 Å². The molecular formula is C15H14FN3O3. The highest BCUT2D eigenvalue weighted by molar-refractivity contribution is 6.08. The number of carbonyl (C=O) groups excluding carboxylic acids is 1. The van der Waals surface area contributed by atoms with Crippen molar-refractivity contribution in [2.45, 2.75) is 6.92 Å². The Morgan fingerprint density at radius 2 is 1.91 bits per heavy atom. The molecule has 0 fully saturated rings. The number of nitrogens with zero attached hydrogens (tertiary/aromatic N) is 1. The van der Waals surface area contributed by atoms with Crippen molar-refractivity contribution in [3.05, 3.63) is 63.5 Å². The van der Waals surface area contributed by atoms with Crippen LogP contribution in [0.1, 0.15) is 15.9 Å². The van der Waals surface area contributed by atoms with Crippen LogP contribution in [0.3, 0.4) is 0 Å². The summed E-state index contributed by atoms with van der Waals surface area (Å²) in [5.41, 5.74) is 1.07. The normalized spacial score (nSPS) is 10.1. The zero-order chi connectivity index (χ0) is 16.3. The summed E-state index contributed by atoms with van der Waals surface area (Å²) in [4.78, 5) is 22.5. The van der Waals surface area contributed by atoms with Gasteiger partial charge >= 0.3 is 0 Å². The molecule has 2 N–H and O–H groups in total. The molecule has 0 atom stereocenters. The molecule has 114 valence electrons. The standard InChI is InChI=1S/C15H14FN3O3/c1-9-3-5-12(16)14(7-9)18-15(20)11-8-10(19(21)22)4-6-13(11)17-2/h3-8,17H,1-2H3,(H,18,20). The maximum Gasteiger partial charge on any atom is 0.270 e. The molecule has 6 nitrogen and oxygen atoms in total. The first-order valence-electron chi connectivity index (χ1n) is 6.46. The average Bonchev–Trinajstić information content (AvgIpc) is 2.50. The number of nitrogens with one attached hydrogen (secondary N) is 2. The molecule has 2 rings (SSSR count). The number of benzene rings is 2. The van der Waals surface area contributed by atoms with Gasteiger partial charge in [0.2, 0.25) is 0 Å². The molecular weight excluding hydrogens is 289 g/mol. The Morgan fingerprint density at radius 3 is 2.55 bits per heavy atom. The van der Waals surface area contributed by atoms with Gasteiger partial charge in [-0.25, -0.2) is 4.39 Å². The number of hydrogen-bond acceptors (Lipinski definition) is 4. The second-order valence-corrected chi connectivity index (χ2v) is 4.67. The van der Waals surface area contributed by atoms with E-state index in [9.17, 15) is 19.3 Å². The van der Waals surface area contributed by atoms with Gasteiger partial charge < -0.3 is 10.6 Å². The molecule has 2 aromatic rings. The van der Waals surface area contributed by atoms with E-state index < -0.39 is 16.6 Å². The summed E-state index contributed by atoms with van der Waals surface area (Å²) >= 11 is 0. The summed E-state index contributed by atoms with van der Waals surface area (Å²) in [5.74, 6) is -1.20. The molecule has 0 saturated heterocycles. The fourth-order valence-electron chi connectivity index (χ4n) is 1.98. The molecule has 0 aromatic heterocycles. The molecule has 0 heterocycles. The largest absolute Gasteiger partial charge is 0.387 e. The molecule has 0 radical (unpaired) electrons. The number of amides is 1. The number of non-ortho nitro benzene ring substituents is 1. The van der Waals surface area contributed by atoms with Gasteiger partial charge in [0.05, 0.1) is 16.2 Å². The van der Waals surface area contributed by atoms with Crippen LogP contribution in [0.5, 0.6) is 0 Å². The number of anilines is 2. The van der Waals surface area contributed by atoms with Crippen LogP contribution in [-0.4, -0.2) is 17.9 Å². The van der Waals surface area contributed by atoms with Crippen LogP contribution in [0.2, 0.25) is 0 Å². The van der Waals surface area contributed by atoms with Gasteiger partial charge in [-0.05, 0) is 30.7 Å². The number of carbonyl (C=O) groups is 1. The summed E-state index contributed by atoms with van der Waals surface area (Å²) in [6.07, 6.45) is 0. The zero-order valence-electron chi connectivity index (χ0n) is 12.0. The molecule has 0 saturated carbocycles. The first kappa shape index (κ1) is 15.4. The van der Waals surface area contributed by atoms with E-state index >= 15 is 0 Å². The number of aryl methyl sites for hydroxylation is 1. The summed E-state index contributed by atoms with van der Waals surface area (Å²) in [6, 6.07) is 8.18. The van der Waals surface area contributed by atoms with Crippen molar-refractivity contribution in [3.8, 4) is 0 Å². The van der Waals surface area contributed by atoms with Crippen molar-refractivity contribution in [2.24, 2.45) is 0 Å². The number of nitro benzene ring substituents is 1. The van der Waals surface area contributed by atoms with E-state index in [4.69, 9.17) is 0 Å². The minimum atomic E-state index is -0.627. The zero-order valence-corrected chi connectivity index (χ0v) is 12.0. The van der Waals surface area contributed by atoms with Crippen LogP contribution < -0.4 is 10.6 Å². The topological polar surface area (TPSA) is 84.3 Å². The Bertz CT molecular complexity index is 747. The van der Waals surface area contributed by atoms with Crippen LogP contribution in [0.25, 0.3) is 0 Å². The van der Waals surface area contributed by atoms with Crippen molar-refractivity contribution < 1.29 is 14.1 Å². The minimum Gasteiger partial charge on any atom is -0.387 e. The lowest BCUT2D eigenvalue weighted by atomic mass is 10.1. The first-order valence-corrected chi connectivity index (χ1v) is 6.46. The van der Waals surface area contributed by atoms with E-state index in [2.05, 4.69) is 10.6 Å². The molecule has 0 aliphatic carbocycles. The van der Waals surface area contributed by atoms with E-state index in [1.165, 1.54) is 24.3 Å². The van der Waals surface area contributed by atoms with Gasteiger partial charge in [0.15, 0.2) is 0 Å². The van der Waals surface area contributed by atoms with E-state index in [1.54, 1.807) is 20.0 Å². The summed E-state index contributed by atoms with van der Waals surface area (Å²) in [5, 5.41) is 16.0. The Labute approximate surface area is 126 Å². The number of hydrogen-bond donors (Lipinski definition) is 2. The highest BCUT2D eigenvalue weighted by Gasteiger charge is 2.17. The monoisotopic (exact) mass is 303 g/mol. The van der Waals surface area contributed by atoms with Crippen LogP contribution in [0, 0.1) is 22.9 Å². The fourth-order valence-corrected chi connectivity index (χ4v) is 1.98. The van der Waals surface area contributed by atoms with E-state index in [0.29, 0.717) is 5.69 Å². The molecule has 1 amide bonds. The molecule has 7 heteroatoms. The van der Waals surface area contributed by atoms with E-state index in [0.717, 1.165) is 11.6 Å². The van der Waals surface area contributed by atoms with Gasteiger partial charge in [-0.1, -0.05) is 6.07 Å². The lowest BCUT2D eigenvalue weighted by Gasteiger charge is -2.11. The van der Waals surface area contributed by atoms with Crippen molar-refractivity contribution in [1.82, 2.24) is 0 Å². The highest BCUT2D eigenvalue weighted by atomic mass is 19.1. The maximum absolute atomic E-state index is 13.7. The van der Waals surface area contributed by atoms with Crippen molar-refractivity contribution in [3.63, 3.8) is 0 Å². The van der Waals surface area contributed by atoms with Crippen LogP contribution >= 0.6 is 0 Å². The highest BCUT2D eigenvalue weighted by Crippen LogP contribution is 2.24. The van der Waals surface area contributed by atoms with Gasteiger partial charge in [0, 0.05) is 24.9 Å². The number of nitro groups is 1. The van der Waals surface area contributed by atoms with Gasteiger partial charge in [-0.2, -0.15) is 0 Å². The molecule has 0 spiro atoms. The predicted molar refractivity (Wildman–Crippen MR) is 81.7 cm³/mol. The Hall–Kier alpha value is -2.96. The molecule has 22 heavy (non-hydrogen) atoms. The van der Waals surface area contributed by atoms with E-state index in [1.807, 2.05) is 0 Å². The van der Waals surface area contributed by atoms with Crippen LogP contribution in [-0.2, 0) is 0 Å². The van der Waals surface area contributed by atoms with Gasteiger partial charge in [0.1, 0.15) is 5.82 Å². The first-order chi connectivity index (χ1) is 10.4. The smallest absolute Gasteiger partial charge is 0.270 e. The summed E-state index contributed by atoms with van der Waals surface area (Å²) in [6.45, 7) is 1.77. The lowest BCUT2D eigenvalue weighted by molar-refractivity contribution is -0.384. The van der Waals surface area contributed by atoms with Crippen molar-refractivity contribution in [1.29, 1.82) is 0 Å². The van der Waals surface area contributed by atoms with Gasteiger partial charge in [-0.15, -0.1) is 0 Å². The second-order valence-electron chi connectivity index (χ2n) is 4.67. The average molecular weight is 303 g/mol. The molecule has 0 aliphatic heterocycles. The summed E-state index contributed by atoms with van der Waals surface area (Å²) in [7, 11) is 1.59. The van der Waals surface area contributed by atoms with Crippen LogP contribution in [0.4, 0.5) is 21.5 Å². The number of halogens is 1. The third-order valence-corrected chi connectivity index (χ3v) is 3.10. The van der Waals surface area contributed by atoms with E-state index in [-0.39, 0.29) is 16.9 Å². The Morgan fingerprint density at radius 1 is 1.18 bits per heavy atom. The quantitative estimate of drug-likeness (QED) is 0.670. The fraction of sp³-hybridized carbons (Fsp3) is 0.133. The third kappa shape index (κ3) is 3.20. The third-order valence-electron chi connectivity index (χ3n) is 3.10. The number of rotatable bonds is 4. The Kier molecular flexibility index (Phi) is 4.36. The Balaban J connectivity index is 2.38. The minimum absolute atomic E-state index is 0.0264. The molecule has 0 aliphatic rings. The van der Waals surface area contributed by atoms with Crippen molar-refractivity contribution in [2.75, 3.05) is 17.7 Å². The molecule has 0 bridgehead atoms. The maximum atomic E-state index is 13.7. The molecule has 0 unspecified atom stereocenters. The summed E-state index contributed by atoms with van der Waals surface area (Å²) < 4.78 is 13.7. The molecule has 2 aromatic carbocycles. The van der Waals surface area contributed by atoms with Crippen molar-refractivity contribution >= 4 is 23.0 Å². The SMILES string of the molecule is CNc1ccc([N+](=O)[O-])cc1C(=O)Nc1cc(C)ccc1F. The van der Waals surface area contributed by atoms with Crippen LogP contribution in [0.15, 0.2) is 36.4 Å². The predicted octanol–water partition coefficient (Wildman–Crippen LogP) is 3.34.